The highest BCUT2D eigenvalue weighted by Crippen LogP contribution is 2.27. The molecule has 0 spiro atoms. The summed E-state index contributed by atoms with van der Waals surface area (Å²) < 4.78 is 10.9. The third-order valence-electron chi connectivity index (χ3n) is 5.70. The SMILES string of the molecule is COc1ncc(C(CC(=O)O)Nc2ccc(OCCc3ccc4c(n3)NCCC4)cc2C=N)cn1. The van der Waals surface area contributed by atoms with Crippen molar-refractivity contribution in [3.8, 4) is 11.8 Å². The van der Waals surface area contributed by atoms with Crippen LogP contribution in [0.4, 0.5) is 11.5 Å². The largest absolute Gasteiger partial charge is 0.493 e. The van der Waals surface area contributed by atoms with Gasteiger partial charge >= 0.3 is 12.0 Å². The van der Waals surface area contributed by atoms with Crippen LogP contribution in [0.25, 0.3) is 0 Å². The van der Waals surface area contributed by atoms with E-state index in [1.54, 1.807) is 18.2 Å². The van der Waals surface area contributed by atoms with Gasteiger partial charge in [0.1, 0.15) is 11.6 Å². The molecule has 3 aromatic rings. The van der Waals surface area contributed by atoms with Crippen molar-refractivity contribution >= 4 is 23.7 Å². The number of aryl methyl sites for hydroxylation is 1. The van der Waals surface area contributed by atoms with E-state index in [4.69, 9.17) is 14.9 Å². The Hall–Kier alpha value is -4.21. The number of fused-ring (bicyclic) bond motifs is 1. The molecule has 0 amide bonds. The van der Waals surface area contributed by atoms with Crippen molar-refractivity contribution < 1.29 is 19.4 Å². The van der Waals surface area contributed by atoms with Gasteiger partial charge in [-0.3, -0.25) is 4.79 Å². The summed E-state index contributed by atoms with van der Waals surface area (Å²) in [4.78, 5) is 24.3. The molecule has 35 heavy (non-hydrogen) atoms. The first-order chi connectivity index (χ1) is 17.1. The van der Waals surface area contributed by atoms with E-state index in [-0.39, 0.29) is 12.4 Å². The van der Waals surface area contributed by atoms with Gasteiger partial charge in [-0.15, -0.1) is 0 Å². The van der Waals surface area contributed by atoms with Crippen LogP contribution in [0, 0.1) is 5.41 Å². The summed E-state index contributed by atoms with van der Waals surface area (Å²) in [6, 6.07) is 9.09. The Labute approximate surface area is 203 Å². The van der Waals surface area contributed by atoms with Crippen LogP contribution < -0.4 is 20.1 Å². The molecule has 0 aliphatic carbocycles. The second kappa shape index (κ2) is 11.3. The van der Waals surface area contributed by atoms with E-state index in [1.165, 1.54) is 31.3 Å². The molecule has 0 saturated carbocycles. The first kappa shape index (κ1) is 23.9. The molecule has 10 heteroatoms. The van der Waals surface area contributed by atoms with Gasteiger partial charge in [-0.05, 0) is 42.7 Å². The zero-order chi connectivity index (χ0) is 24.6. The Morgan fingerprint density at radius 2 is 2.11 bits per heavy atom. The second-order valence-corrected chi connectivity index (χ2v) is 8.13. The average Bonchev–Trinajstić information content (AvgIpc) is 2.88. The molecule has 1 aromatic carbocycles. The lowest BCUT2D eigenvalue weighted by molar-refractivity contribution is -0.137. The fourth-order valence-corrected chi connectivity index (χ4v) is 3.89. The van der Waals surface area contributed by atoms with Crippen LogP contribution in [-0.4, -0.2) is 52.5 Å². The number of nitrogens with one attached hydrogen (secondary N) is 3. The summed E-state index contributed by atoms with van der Waals surface area (Å²) >= 11 is 0. The van der Waals surface area contributed by atoms with Crippen molar-refractivity contribution in [2.75, 3.05) is 30.9 Å². The smallest absolute Gasteiger partial charge is 0.316 e. The van der Waals surface area contributed by atoms with Gasteiger partial charge in [0.25, 0.3) is 0 Å². The molecule has 1 atom stereocenters. The van der Waals surface area contributed by atoms with Gasteiger partial charge in [-0.25, -0.2) is 15.0 Å². The Bertz CT molecular complexity index is 1190. The van der Waals surface area contributed by atoms with Crippen LogP contribution in [0.2, 0.25) is 0 Å². The number of carboxylic acids is 1. The number of hydrogen-bond acceptors (Lipinski definition) is 9. The Morgan fingerprint density at radius 1 is 1.29 bits per heavy atom. The molecular weight excluding hydrogens is 448 g/mol. The van der Waals surface area contributed by atoms with E-state index in [9.17, 15) is 9.90 Å². The molecule has 182 valence electrons. The zero-order valence-corrected chi connectivity index (χ0v) is 19.5. The maximum Gasteiger partial charge on any atom is 0.316 e. The van der Waals surface area contributed by atoms with E-state index >= 15 is 0 Å². The van der Waals surface area contributed by atoms with E-state index < -0.39 is 12.0 Å². The predicted molar refractivity (Wildman–Crippen MR) is 132 cm³/mol. The van der Waals surface area contributed by atoms with Gasteiger partial charge in [-0.2, -0.15) is 0 Å². The number of carbonyl (C=O) groups is 1. The van der Waals surface area contributed by atoms with Gasteiger partial charge in [0.05, 0.1) is 26.2 Å². The lowest BCUT2D eigenvalue weighted by Gasteiger charge is -2.20. The van der Waals surface area contributed by atoms with E-state index in [0.29, 0.717) is 35.6 Å². The van der Waals surface area contributed by atoms with Gasteiger partial charge in [0, 0.05) is 54.1 Å². The maximum atomic E-state index is 11.4. The highest BCUT2D eigenvalue weighted by atomic mass is 16.5. The van der Waals surface area contributed by atoms with Gasteiger partial charge in [0.15, 0.2) is 0 Å². The molecule has 10 nitrogen and oxygen atoms in total. The van der Waals surface area contributed by atoms with Crippen LogP contribution in [0.1, 0.15) is 41.3 Å². The number of pyridine rings is 1. The van der Waals surface area contributed by atoms with Crippen LogP contribution in [0.5, 0.6) is 11.8 Å². The van der Waals surface area contributed by atoms with Crippen molar-refractivity contribution in [1.29, 1.82) is 5.41 Å². The Morgan fingerprint density at radius 3 is 2.86 bits per heavy atom. The summed E-state index contributed by atoms with van der Waals surface area (Å²) in [6.07, 6.45) is 6.91. The lowest BCUT2D eigenvalue weighted by Crippen LogP contribution is -2.17. The van der Waals surface area contributed by atoms with Crippen LogP contribution in [0.3, 0.4) is 0 Å². The number of aliphatic carboxylic acids is 1. The number of ether oxygens (including phenoxy) is 2. The number of carboxylic acid groups (broad SMARTS) is 1. The molecule has 0 saturated heterocycles. The van der Waals surface area contributed by atoms with E-state index in [0.717, 1.165) is 30.9 Å². The molecule has 0 fully saturated rings. The molecule has 0 bridgehead atoms. The van der Waals surface area contributed by atoms with Crippen LogP contribution in [-0.2, 0) is 17.6 Å². The number of hydrogen-bond donors (Lipinski definition) is 4. The molecule has 2 aromatic heterocycles. The number of benzene rings is 1. The number of aromatic nitrogens is 3. The van der Waals surface area contributed by atoms with Crippen molar-refractivity contribution in [2.24, 2.45) is 0 Å². The third-order valence-corrected chi connectivity index (χ3v) is 5.70. The molecule has 4 rings (SSSR count). The van der Waals surface area contributed by atoms with E-state index in [2.05, 4.69) is 31.7 Å². The molecule has 0 radical (unpaired) electrons. The van der Waals surface area contributed by atoms with Crippen molar-refractivity contribution in [3.63, 3.8) is 0 Å². The molecule has 3 heterocycles. The summed E-state index contributed by atoms with van der Waals surface area (Å²) in [6.45, 7) is 1.40. The number of nitrogens with zero attached hydrogens (tertiary/aromatic N) is 3. The quantitative estimate of drug-likeness (QED) is 0.306. The van der Waals surface area contributed by atoms with Crippen LogP contribution >= 0.6 is 0 Å². The second-order valence-electron chi connectivity index (χ2n) is 8.13. The fraction of sp³-hybridized carbons (Fsp3) is 0.320. The topological polar surface area (TPSA) is 142 Å². The standard InChI is InChI=1S/C25H28N6O4/c1-34-25-28-14-18(15-29-25)22(12-23(32)33)31-21-7-6-20(11-17(21)13-26)35-10-8-19-5-4-16-3-2-9-27-24(16)30-19/h4-7,11,13-15,22,26,31H,2-3,8-10,12H2,1H3,(H,27,30)(H,32,33). The minimum Gasteiger partial charge on any atom is -0.493 e. The highest BCUT2D eigenvalue weighted by Gasteiger charge is 2.18. The minimum atomic E-state index is -0.972. The minimum absolute atomic E-state index is 0.186. The fourth-order valence-electron chi connectivity index (χ4n) is 3.89. The zero-order valence-electron chi connectivity index (χ0n) is 19.5. The third kappa shape index (κ3) is 6.23. The monoisotopic (exact) mass is 476 g/mol. The van der Waals surface area contributed by atoms with Gasteiger partial charge in [-0.1, -0.05) is 6.07 Å². The summed E-state index contributed by atoms with van der Waals surface area (Å²) in [5.74, 6) is 0.613. The Kier molecular flexibility index (Phi) is 7.71. The summed E-state index contributed by atoms with van der Waals surface area (Å²) in [5.41, 5.74) is 3.99. The molecule has 1 aliphatic rings. The summed E-state index contributed by atoms with van der Waals surface area (Å²) in [7, 11) is 1.46. The lowest BCUT2D eigenvalue weighted by atomic mass is 10.1. The van der Waals surface area contributed by atoms with Gasteiger partial charge < -0.3 is 30.6 Å². The normalized spacial score (nSPS) is 13.2. The molecule has 1 unspecified atom stereocenters. The maximum absolute atomic E-state index is 11.4. The molecule has 1 aliphatic heterocycles. The molecule has 4 N–H and O–H groups in total. The van der Waals surface area contributed by atoms with Crippen molar-refractivity contribution in [3.05, 3.63) is 65.1 Å². The molecular formula is C25H28N6O4. The van der Waals surface area contributed by atoms with Crippen molar-refractivity contribution in [1.82, 2.24) is 15.0 Å². The first-order valence-electron chi connectivity index (χ1n) is 11.4. The first-order valence-corrected chi connectivity index (χ1v) is 11.4. The number of rotatable bonds is 11. The highest BCUT2D eigenvalue weighted by molar-refractivity contribution is 5.86. The van der Waals surface area contributed by atoms with Crippen LogP contribution in [0.15, 0.2) is 42.7 Å². The number of methoxy groups -OCH3 is 1. The van der Waals surface area contributed by atoms with E-state index in [1.807, 2.05) is 6.07 Å². The van der Waals surface area contributed by atoms with Gasteiger partial charge in [0.2, 0.25) is 0 Å². The number of anilines is 2. The predicted octanol–water partition coefficient (Wildman–Crippen LogP) is 3.49. The van der Waals surface area contributed by atoms with Crippen molar-refractivity contribution in [2.45, 2.75) is 31.7 Å². The Balaban J connectivity index is 1.41. The summed E-state index contributed by atoms with van der Waals surface area (Å²) in [5, 5.41) is 23.7. The average molecular weight is 477 g/mol.